The first-order valence-electron chi connectivity index (χ1n) is 9.52. The molecule has 3 rings (SSSR count). The molecule has 2 heterocycles. The second-order valence-electron chi connectivity index (χ2n) is 7.08. The Morgan fingerprint density at radius 2 is 1.43 bits per heavy atom. The van der Waals surface area contributed by atoms with E-state index in [0.29, 0.717) is 19.0 Å². The molecule has 0 fully saturated rings. The van der Waals surface area contributed by atoms with Gasteiger partial charge in [0.2, 0.25) is 5.91 Å². The lowest BCUT2D eigenvalue weighted by atomic mass is 9.98. The van der Waals surface area contributed by atoms with Crippen molar-refractivity contribution in [3.63, 3.8) is 0 Å². The first kappa shape index (κ1) is 19.7. The molecule has 0 saturated heterocycles. The molecule has 0 aliphatic rings. The molecule has 0 aliphatic carbocycles. The number of aromatic nitrogens is 2. The van der Waals surface area contributed by atoms with Crippen molar-refractivity contribution in [3.8, 4) is 0 Å². The fourth-order valence-electron chi connectivity index (χ4n) is 2.95. The van der Waals surface area contributed by atoms with Crippen molar-refractivity contribution in [1.82, 2.24) is 20.6 Å². The van der Waals surface area contributed by atoms with Gasteiger partial charge in [-0.2, -0.15) is 0 Å². The fourth-order valence-corrected chi connectivity index (χ4v) is 2.95. The van der Waals surface area contributed by atoms with Crippen LogP contribution in [0.1, 0.15) is 48.1 Å². The van der Waals surface area contributed by atoms with Crippen LogP contribution in [0.4, 0.5) is 0 Å². The minimum Gasteiger partial charge on any atom is -0.350 e. The molecule has 3 aromatic rings. The lowest BCUT2D eigenvalue weighted by Crippen LogP contribution is -2.37. The minimum absolute atomic E-state index is 0.0648. The second-order valence-corrected chi connectivity index (χ2v) is 7.08. The molecular weight excluding hydrogens is 348 g/mol. The SMILES string of the molecule is CC(C)c1ccc(C(NCc2cccnc2)C(=O)NCc2cccnc2)cc1. The predicted octanol–water partition coefficient (Wildman–Crippen LogP) is 3.75. The zero-order chi connectivity index (χ0) is 19.8. The first-order chi connectivity index (χ1) is 13.6. The molecule has 1 aromatic carbocycles. The van der Waals surface area contributed by atoms with Crippen LogP contribution in [0.25, 0.3) is 0 Å². The van der Waals surface area contributed by atoms with Crippen molar-refractivity contribution in [2.24, 2.45) is 0 Å². The molecule has 1 amide bonds. The highest BCUT2D eigenvalue weighted by atomic mass is 16.2. The third-order valence-corrected chi connectivity index (χ3v) is 4.62. The standard InChI is InChI=1S/C23H26N4O/c1-17(2)20-7-9-21(10-8-20)22(26-15-18-5-3-11-24-13-18)23(28)27-16-19-6-4-12-25-14-19/h3-14,17,22,26H,15-16H2,1-2H3,(H,27,28). The van der Waals surface area contributed by atoms with Gasteiger partial charge in [0.25, 0.3) is 0 Å². The molecule has 0 bridgehead atoms. The van der Waals surface area contributed by atoms with Crippen LogP contribution in [0.2, 0.25) is 0 Å². The van der Waals surface area contributed by atoms with E-state index < -0.39 is 6.04 Å². The summed E-state index contributed by atoms with van der Waals surface area (Å²) in [4.78, 5) is 21.2. The Bertz CT molecular complexity index is 864. The monoisotopic (exact) mass is 374 g/mol. The number of benzene rings is 1. The van der Waals surface area contributed by atoms with E-state index in [4.69, 9.17) is 0 Å². The van der Waals surface area contributed by atoms with Gasteiger partial charge in [-0.1, -0.05) is 50.2 Å². The highest BCUT2D eigenvalue weighted by Gasteiger charge is 2.20. The highest BCUT2D eigenvalue weighted by molar-refractivity contribution is 5.83. The summed E-state index contributed by atoms with van der Waals surface area (Å²) in [6.45, 7) is 5.33. The summed E-state index contributed by atoms with van der Waals surface area (Å²) in [6, 6.07) is 15.5. The maximum atomic E-state index is 12.9. The smallest absolute Gasteiger partial charge is 0.242 e. The Hall–Kier alpha value is -3.05. The molecule has 2 aromatic heterocycles. The molecule has 28 heavy (non-hydrogen) atoms. The molecule has 5 heteroatoms. The molecule has 0 aliphatic heterocycles. The molecule has 1 unspecified atom stereocenters. The third-order valence-electron chi connectivity index (χ3n) is 4.62. The molecular formula is C23H26N4O. The number of amides is 1. The number of nitrogens with one attached hydrogen (secondary N) is 2. The molecule has 0 saturated carbocycles. The number of hydrogen-bond donors (Lipinski definition) is 2. The number of pyridine rings is 2. The van der Waals surface area contributed by atoms with Gasteiger partial charge in [-0.3, -0.25) is 20.1 Å². The van der Waals surface area contributed by atoms with Crippen molar-refractivity contribution < 1.29 is 4.79 Å². The average molecular weight is 374 g/mol. The van der Waals surface area contributed by atoms with Gasteiger partial charge in [0, 0.05) is 37.9 Å². The lowest BCUT2D eigenvalue weighted by molar-refractivity contribution is -0.123. The summed E-state index contributed by atoms with van der Waals surface area (Å²) < 4.78 is 0. The van der Waals surface area contributed by atoms with E-state index in [1.165, 1.54) is 5.56 Å². The number of nitrogens with zero attached hydrogens (tertiary/aromatic N) is 2. The Balaban J connectivity index is 1.73. The molecule has 0 radical (unpaired) electrons. The van der Waals surface area contributed by atoms with Crippen LogP contribution in [0.5, 0.6) is 0 Å². The van der Waals surface area contributed by atoms with Crippen LogP contribution in [0, 0.1) is 0 Å². The molecule has 144 valence electrons. The second kappa shape index (κ2) is 9.76. The number of carbonyl (C=O) groups is 1. The average Bonchev–Trinajstić information content (AvgIpc) is 2.74. The molecule has 0 spiro atoms. The van der Waals surface area contributed by atoms with E-state index in [-0.39, 0.29) is 5.91 Å². The van der Waals surface area contributed by atoms with Gasteiger partial charge in [-0.15, -0.1) is 0 Å². The zero-order valence-corrected chi connectivity index (χ0v) is 16.3. The van der Waals surface area contributed by atoms with Crippen LogP contribution in [-0.4, -0.2) is 15.9 Å². The van der Waals surface area contributed by atoms with Gasteiger partial charge >= 0.3 is 0 Å². The van der Waals surface area contributed by atoms with Gasteiger partial charge in [-0.05, 0) is 40.3 Å². The fraction of sp³-hybridized carbons (Fsp3) is 0.261. The Labute approximate surface area is 166 Å². The maximum absolute atomic E-state index is 12.9. The van der Waals surface area contributed by atoms with E-state index in [1.54, 1.807) is 24.8 Å². The van der Waals surface area contributed by atoms with E-state index >= 15 is 0 Å². The quantitative estimate of drug-likeness (QED) is 0.630. The van der Waals surface area contributed by atoms with Gasteiger partial charge in [0.05, 0.1) is 0 Å². The summed E-state index contributed by atoms with van der Waals surface area (Å²) in [6.07, 6.45) is 7.03. The normalized spacial score (nSPS) is 12.0. The minimum atomic E-state index is -0.446. The summed E-state index contributed by atoms with van der Waals surface area (Å²) in [7, 11) is 0. The number of rotatable bonds is 8. The van der Waals surface area contributed by atoms with E-state index in [2.05, 4.69) is 46.6 Å². The van der Waals surface area contributed by atoms with E-state index in [9.17, 15) is 4.79 Å². The Morgan fingerprint density at radius 1 is 0.857 bits per heavy atom. The van der Waals surface area contributed by atoms with Crippen LogP contribution >= 0.6 is 0 Å². The Kier molecular flexibility index (Phi) is 6.87. The van der Waals surface area contributed by atoms with Crippen LogP contribution in [0.15, 0.2) is 73.3 Å². The summed E-state index contributed by atoms with van der Waals surface area (Å²) in [5, 5.41) is 6.38. The van der Waals surface area contributed by atoms with Crippen molar-refractivity contribution in [3.05, 3.63) is 95.6 Å². The largest absolute Gasteiger partial charge is 0.350 e. The lowest BCUT2D eigenvalue weighted by Gasteiger charge is -2.20. The maximum Gasteiger partial charge on any atom is 0.242 e. The Morgan fingerprint density at radius 3 is 1.96 bits per heavy atom. The van der Waals surface area contributed by atoms with Crippen molar-refractivity contribution in [2.45, 2.75) is 38.9 Å². The first-order valence-corrected chi connectivity index (χ1v) is 9.52. The summed E-state index contributed by atoms with van der Waals surface area (Å²) in [5.74, 6) is 0.389. The van der Waals surface area contributed by atoms with Crippen molar-refractivity contribution in [2.75, 3.05) is 0 Å². The topological polar surface area (TPSA) is 66.9 Å². The van der Waals surface area contributed by atoms with Crippen LogP contribution in [0.3, 0.4) is 0 Å². The molecule has 1 atom stereocenters. The van der Waals surface area contributed by atoms with Crippen LogP contribution < -0.4 is 10.6 Å². The highest BCUT2D eigenvalue weighted by Crippen LogP contribution is 2.20. The third kappa shape index (κ3) is 5.47. The van der Waals surface area contributed by atoms with Crippen molar-refractivity contribution >= 4 is 5.91 Å². The van der Waals surface area contributed by atoms with E-state index in [1.807, 2.05) is 36.4 Å². The van der Waals surface area contributed by atoms with Gasteiger partial charge in [0.15, 0.2) is 0 Å². The zero-order valence-electron chi connectivity index (χ0n) is 16.3. The predicted molar refractivity (Wildman–Crippen MR) is 110 cm³/mol. The number of carbonyl (C=O) groups excluding carboxylic acids is 1. The van der Waals surface area contributed by atoms with Gasteiger partial charge in [0.1, 0.15) is 6.04 Å². The molecule has 5 nitrogen and oxygen atoms in total. The van der Waals surface area contributed by atoms with E-state index in [0.717, 1.165) is 16.7 Å². The summed E-state index contributed by atoms with van der Waals surface area (Å²) in [5.41, 5.74) is 4.20. The molecule has 2 N–H and O–H groups in total. The van der Waals surface area contributed by atoms with Gasteiger partial charge < -0.3 is 5.32 Å². The van der Waals surface area contributed by atoms with Crippen molar-refractivity contribution in [1.29, 1.82) is 0 Å². The van der Waals surface area contributed by atoms with Crippen LogP contribution in [-0.2, 0) is 17.9 Å². The van der Waals surface area contributed by atoms with Gasteiger partial charge in [-0.25, -0.2) is 0 Å². The number of hydrogen-bond acceptors (Lipinski definition) is 4. The summed E-state index contributed by atoms with van der Waals surface area (Å²) >= 11 is 0.